The predicted molar refractivity (Wildman–Crippen MR) is 66.8 cm³/mol. The first kappa shape index (κ1) is 13.1. The molecule has 1 saturated carbocycles. The fourth-order valence-corrected chi connectivity index (χ4v) is 2.55. The van der Waals surface area contributed by atoms with E-state index in [1.165, 1.54) is 12.8 Å². The summed E-state index contributed by atoms with van der Waals surface area (Å²) < 4.78 is 0. The Bertz CT molecular complexity index is 288. The molecule has 1 N–H and O–H groups in total. The van der Waals surface area contributed by atoms with Crippen LogP contribution < -0.4 is 5.32 Å². The van der Waals surface area contributed by atoms with Gasteiger partial charge in [0.25, 0.3) is 0 Å². The number of carbonyl (C=O) groups excluding carboxylic acids is 1. The number of amides is 1. The van der Waals surface area contributed by atoms with Gasteiger partial charge in [-0.25, -0.2) is 0 Å². The van der Waals surface area contributed by atoms with Crippen LogP contribution in [0, 0.1) is 23.7 Å². The van der Waals surface area contributed by atoms with Crippen molar-refractivity contribution in [1.29, 1.82) is 0 Å². The molecule has 0 heterocycles. The molecule has 0 aromatic rings. The third kappa shape index (κ3) is 3.27. The summed E-state index contributed by atoms with van der Waals surface area (Å²) in [5, 5.41) is 3.02. The normalized spacial score (nSPS) is 25.5. The number of hydrogen-bond acceptors (Lipinski definition) is 1. The molecule has 0 bridgehead atoms. The molecule has 90 valence electrons. The lowest BCUT2D eigenvalue weighted by Gasteiger charge is -2.38. The SMILES string of the molecule is C#CCC(C)NC(=O)C1CCCCC1(C)C. The van der Waals surface area contributed by atoms with Crippen LogP contribution in [0.4, 0.5) is 0 Å². The van der Waals surface area contributed by atoms with Gasteiger partial charge in [-0.2, -0.15) is 0 Å². The van der Waals surface area contributed by atoms with E-state index in [0.29, 0.717) is 6.42 Å². The molecule has 0 spiro atoms. The summed E-state index contributed by atoms with van der Waals surface area (Å²) >= 11 is 0. The van der Waals surface area contributed by atoms with E-state index in [1.54, 1.807) is 0 Å². The van der Waals surface area contributed by atoms with Crippen LogP contribution in [0.25, 0.3) is 0 Å². The van der Waals surface area contributed by atoms with Crippen molar-refractivity contribution in [3.63, 3.8) is 0 Å². The predicted octanol–water partition coefficient (Wildman–Crippen LogP) is 2.73. The minimum Gasteiger partial charge on any atom is -0.352 e. The van der Waals surface area contributed by atoms with Crippen LogP contribution in [0.5, 0.6) is 0 Å². The van der Waals surface area contributed by atoms with Crippen LogP contribution in [0.1, 0.15) is 52.9 Å². The maximum absolute atomic E-state index is 12.1. The van der Waals surface area contributed by atoms with Gasteiger partial charge in [-0.05, 0) is 25.2 Å². The van der Waals surface area contributed by atoms with Crippen molar-refractivity contribution in [1.82, 2.24) is 5.32 Å². The summed E-state index contributed by atoms with van der Waals surface area (Å²) in [6.07, 6.45) is 10.4. The monoisotopic (exact) mass is 221 g/mol. The Kier molecular flexibility index (Phi) is 4.41. The Labute approximate surface area is 99.2 Å². The zero-order valence-corrected chi connectivity index (χ0v) is 10.7. The smallest absolute Gasteiger partial charge is 0.223 e. The van der Waals surface area contributed by atoms with E-state index in [1.807, 2.05) is 6.92 Å². The average Bonchev–Trinajstić information content (AvgIpc) is 2.16. The van der Waals surface area contributed by atoms with E-state index in [2.05, 4.69) is 25.1 Å². The molecule has 0 aliphatic heterocycles. The molecule has 1 amide bonds. The molecule has 1 aliphatic rings. The Morgan fingerprint density at radius 2 is 2.25 bits per heavy atom. The molecule has 2 unspecified atom stereocenters. The second-order valence-electron chi connectivity index (χ2n) is 5.60. The summed E-state index contributed by atoms with van der Waals surface area (Å²) in [5.74, 6) is 2.92. The van der Waals surface area contributed by atoms with E-state index in [4.69, 9.17) is 6.42 Å². The van der Waals surface area contributed by atoms with E-state index in [9.17, 15) is 4.79 Å². The molecule has 1 fully saturated rings. The van der Waals surface area contributed by atoms with Crippen LogP contribution in [-0.2, 0) is 4.79 Å². The first-order valence-corrected chi connectivity index (χ1v) is 6.21. The van der Waals surface area contributed by atoms with Gasteiger partial charge >= 0.3 is 0 Å². The summed E-state index contributed by atoms with van der Waals surface area (Å²) in [6.45, 7) is 6.36. The van der Waals surface area contributed by atoms with E-state index in [0.717, 1.165) is 12.8 Å². The first-order valence-electron chi connectivity index (χ1n) is 6.21. The fourth-order valence-electron chi connectivity index (χ4n) is 2.55. The van der Waals surface area contributed by atoms with Gasteiger partial charge < -0.3 is 5.32 Å². The quantitative estimate of drug-likeness (QED) is 0.729. The minimum absolute atomic E-state index is 0.0928. The molecule has 0 saturated heterocycles. The molecule has 2 heteroatoms. The second-order valence-corrected chi connectivity index (χ2v) is 5.60. The summed E-state index contributed by atoms with van der Waals surface area (Å²) in [6, 6.07) is 0.0928. The number of hydrogen-bond donors (Lipinski definition) is 1. The minimum atomic E-state index is 0.0928. The van der Waals surface area contributed by atoms with Crippen LogP contribution in [0.3, 0.4) is 0 Å². The van der Waals surface area contributed by atoms with Gasteiger partial charge in [0.1, 0.15) is 0 Å². The summed E-state index contributed by atoms with van der Waals surface area (Å²) in [5.41, 5.74) is 0.137. The molecule has 16 heavy (non-hydrogen) atoms. The highest BCUT2D eigenvalue weighted by Gasteiger charge is 2.37. The average molecular weight is 221 g/mol. The van der Waals surface area contributed by atoms with Gasteiger partial charge in [0.15, 0.2) is 0 Å². The van der Waals surface area contributed by atoms with Crippen molar-refractivity contribution in [3.05, 3.63) is 0 Å². The molecule has 1 aliphatic carbocycles. The maximum Gasteiger partial charge on any atom is 0.223 e. The highest BCUT2D eigenvalue weighted by molar-refractivity contribution is 5.79. The molecule has 0 aromatic carbocycles. The fraction of sp³-hybridized carbons (Fsp3) is 0.786. The Hall–Kier alpha value is -0.970. The molecule has 0 aromatic heterocycles. The highest BCUT2D eigenvalue weighted by Crippen LogP contribution is 2.40. The molecule has 0 radical (unpaired) electrons. The van der Waals surface area contributed by atoms with Crippen molar-refractivity contribution in [2.45, 2.75) is 58.9 Å². The zero-order valence-electron chi connectivity index (χ0n) is 10.7. The summed E-state index contributed by atoms with van der Waals surface area (Å²) in [7, 11) is 0. The van der Waals surface area contributed by atoms with Crippen molar-refractivity contribution in [2.24, 2.45) is 11.3 Å². The lowest BCUT2D eigenvalue weighted by atomic mass is 9.68. The third-order valence-corrected chi connectivity index (χ3v) is 3.64. The number of terminal acetylenes is 1. The summed E-state index contributed by atoms with van der Waals surface area (Å²) in [4.78, 5) is 12.1. The van der Waals surface area contributed by atoms with E-state index < -0.39 is 0 Å². The van der Waals surface area contributed by atoms with Crippen LogP contribution in [-0.4, -0.2) is 11.9 Å². The second kappa shape index (κ2) is 5.39. The van der Waals surface area contributed by atoms with Crippen LogP contribution >= 0.6 is 0 Å². The first-order chi connectivity index (χ1) is 7.47. The maximum atomic E-state index is 12.1. The standard InChI is InChI=1S/C14H23NO/c1-5-8-11(2)15-13(16)12-9-6-7-10-14(12,3)4/h1,11-12H,6-10H2,2-4H3,(H,15,16). The number of carbonyl (C=O) groups is 1. The van der Waals surface area contributed by atoms with Gasteiger partial charge in [0.2, 0.25) is 5.91 Å². The number of nitrogens with one attached hydrogen (secondary N) is 1. The lowest BCUT2D eigenvalue weighted by molar-refractivity contribution is -0.130. The van der Waals surface area contributed by atoms with Gasteiger partial charge in [-0.1, -0.05) is 26.7 Å². The topological polar surface area (TPSA) is 29.1 Å². The molecule has 2 nitrogen and oxygen atoms in total. The van der Waals surface area contributed by atoms with Crippen molar-refractivity contribution < 1.29 is 4.79 Å². The zero-order chi connectivity index (χ0) is 12.2. The van der Waals surface area contributed by atoms with Crippen molar-refractivity contribution in [2.75, 3.05) is 0 Å². The van der Waals surface area contributed by atoms with E-state index >= 15 is 0 Å². The lowest BCUT2D eigenvalue weighted by Crippen LogP contribution is -2.44. The van der Waals surface area contributed by atoms with Gasteiger partial charge in [-0.15, -0.1) is 12.3 Å². The Balaban J connectivity index is 2.55. The number of rotatable bonds is 3. The highest BCUT2D eigenvalue weighted by atomic mass is 16.2. The van der Waals surface area contributed by atoms with Gasteiger partial charge in [0.05, 0.1) is 0 Å². The van der Waals surface area contributed by atoms with Gasteiger partial charge in [-0.3, -0.25) is 4.79 Å². The van der Waals surface area contributed by atoms with E-state index in [-0.39, 0.29) is 23.3 Å². The van der Waals surface area contributed by atoms with Crippen molar-refractivity contribution in [3.8, 4) is 12.3 Å². The van der Waals surface area contributed by atoms with Gasteiger partial charge in [0, 0.05) is 18.4 Å². The molecular weight excluding hydrogens is 198 g/mol. The largest absolute Gasteiger partial charge is 0.352 e. The molecular formula is C14H23NO. The molecule has 2 atom stereocenters. The molecule has 1 rings (SSSR count). The van der Waals surface area contributed by atoms with Crippen molar-refractivity contribution >= 4 is 5.91 Å². The Morgan fingerprint density at radius 3 is 2.81 bits per heavy atom. The third-order valence-electron chi connectivity index (χ3n) is 3.64. The van der Waals surface area contributed by atoms with Crippen LogP contribution in [0.15, 0.2) is 0 Å². The Morgan fingerprint density at radius 1 is 1.56 bits per heavy atom. The van der Waals surface area contributed by atoms with Crippen LogP contribution in [0.2, 0.25) is 0 Å².